The number of likely N-dealkylation sites (tertiary alicyclic amines) is 1. The van der Waals surface area contributed by atoms with Crippen LogP contribution in [0.25, 0.3) is 11.5 Å². The monoisotopic (exact) mass is 301 g/mol. The summed E-state index contributed by atoms with van der Waals surface area (Å²) in [6.45, 7) is 7.55. The van der Waals surface area contributed by atoms with Crippen molar-refractivity contribution in [2.45, 2.75) is 26.8 Å². The van der Waals surface area contributed by atoms with E-state index < -0.39 is 0 Å². The number of rotatable bonds is 4. The number of methoxy groups -OCH3 is 1. The van der Waals surface area contributed by atoms with Gasteiger partial charge in [0, 0.05) is 18.7 Å². The first kappa shape index (κ1) is 15.0. The van der Waals surface area contributed by atoms with E-state index in [9.17, 15) is 0 Å². The van der Waals surface area contributed by atoms with Crippen molar-refractivity contribution in [2.75, 3.05) is 20.2 Å². The molecule has 2 aromatic rings. The maximum atomic E-state index is 5.81. The Hall–Kier alpha value is -1.88. The molecule has 0 radical (unpaired) electrons. The number of ether oxygens (including phenoxy) is 1. The average Bonchev–Trinajstić information content (AvgIpc) is 2.95. The summed E-state index contributed by atoms with van der Waals surface area (Å²) in [4.78, 5) is 2.41. The number of hydrogen-bond donors (Lipinski definition) is 0. The summed E-state index contributed by atoms with van der Waals surface area (Å²) in [5.41, 5.74) is 0.917. The third-order valence-corrected chi connectivity index (χ3v) is 4.11. The number of benzene rings is 1. The van der Waals surface area contributed by atoms with Crippen LogP contribution in [0.15, 0.2) is 28.7 Å². The Morgan fingerprint density at radius 3 is 2.45 bits per heavy atom. The van der Waals surface area contributed by atoms with Crippen molar-refractivity contribution in [3.63, 3.8) is 0 Å². The summed E-state index contributed by atoms with van der Waals surface area (Å²) in [6, 6.07) is 7.66. The topological polar surface area (TPSA) is 51.4 Å². The van der Waals surface area contributed by atoms with Gasteiger partial charge in [-0.15, -0.1) is 10.2 Å². The van der Waals surface area contributed by atoms with Crippen molar-refractivity contribution in [1.82, 2.24) is 15.1 Å². The minimum Gasteiger partial charge on any atom is -0.497 e. The van der Waals surface area contributed by atoms with Crippen LogP contribution >= 0.6 is 0 Å². The Labute approximate surface area is 131 Å². The van der Waals surface area contributed by atoms with Gasteiger partial charge in [0.2, 0.25) is 11.8 Å². The summed E-state index contributed by atoms with van der Waals surface area (Å²) in [5, 5.41) is 8.35. The Morgan fingerprint density at radius 1 is 1.14 bits per heavy atom. The number of nitrogens with zero attached hydrogens (tertiary/aromatic N) is 3. The van der Waals surface area contributed by atoms with E-state index in [1.54, 1.807) is 7.11 Å². The quantitative estimate of drug-likeness (QED) is 0.868. The van der Waals surface area contributed by atoms with E-state index in [-0.39, 0.29) is 0 Å². The van der Waals surface area contributed by atoms with E-state index in [4.69, 9.17) is 9.15 Å². The molecule has 0 aliphatic carbocycles. The highest BCUT2D eigenvalue weighted by Gasteiger charge is 2.23. The van der Waals surface area contributed by atoms with Crippen LogP contribution in [0.4, 0.5) is 0 Å². The molecule has 1 fully saturated rings. The van der Waals surface area contributed by atoms with Gasteiger partial charge in [0.1, 0.15) is 5.75 Å². The van der Waals surface area contributed by atoms with Crippen LogP contribution in [0.2, 0.25) is 0 Å². The zero-order chi connectivity index (χ0) is 15.5. The van der Waals surface area contributed by atoms with Crippen LogP contribution in [-0.2, 0) is 6.54 Å². The second-order valence-electron chi connectivity index (χ2n) is 6.37. The Balaban J connectivity index is 1.68. The molecule has 0 spiro atoms. The Kier molecular flexibility index (Phi) is 4.43. The lowest BCUT2D eigenvalue weighted by atomic mass is 9.92. The van der Waals surface area contributed by atoms with Gasteiger partial charge in [-0.05, 0) is 42.5 Å². The number of hydrogen-bond acceptors (Lipinski definition) is 5. The molecule has 2 atom stereocenters. The van der Waals surface area contributed by atoms with Crippen LogP contribution in [-0.4, -0.2) is 35.3 Å². The molecule has 0 N–H and O–H groups in total. The van der Waals surface area contributed by atoms with Crippen LogP contribution in [0.3, 0.4) is 0 Å². The van der Waals surface area contributed by atoms with Crippen molar-refractivity contribution in [1.29, 1.82) is 0 Å². The fraction of sp³-hybridized carbons (Fsp3) is 0.529. The summed E-state index contributed by atoms with van der Waals surface area (Å²) >= 11 is 0. The van der Waals surface area contributed by atoms with Crippen LogP contribution in [0, 0.1) is 11.8 Å². The zero-order valence-corrected chi connectivity index (χ0v) is 13.5. The molecule has 1 aliphatic heterocycles. The predicted octanol–water partition coefficient (Wildman–Crippen LogP) is 3.22. The first-order valence-corrected chi connectivity index (χ1v) is 7.83. The van der Waals surface area contributed by atoms with E-state index in [0.29, 0.717) is 11.8 Å². The normalized spacial score (nSPS) is 22.7. The van der Waals surface area contributed by atoms with E-state index in [1.165, 1.54) is 6.42 Å². The highest BCUT2D eigenvalue weighted by Crippen LogP contribution is 2.24. The zero-order valence-electron chi connectivity index (χ0n) is 13.5. The standard InChI is InChI=1S/C17H23N3O2/c1-12-8-13(2)10-20(9-12)11-16-18-19-17(22-16)14-4-6-15(21-3)7-5-14/h4-7,12-13H,8-11H2,1-3H3/t12-,13+. The Morgan fingerprint density at radius 2 is 1.82 bits per heavy atom. The maximum absolute atomic E-state index is 5.81. The fourth-order valence-electron chi connectivity index (χ4n) is 3.28. The summed E-state index contributed by atoms with van der Waals surface area (Å²) in [7, 11) is 1.65. The van der Waals surface area contributed by atoms with Crippen molar-refractivity contribution in [3.05, 3.63) is 30.2 Å². The highest BCUT2D eigenvalue weighted by molar-refractivity contribution is 5.53. The maximum Gasteiger partial charge on any atom is 0.247 e. The molecule has 1 aromatic heterocycles. The van der Waals surface area contributed by atoms with Gasteiger partial charge in [-0.1, -0.05) is 13.8 Å². The molecule has 5 nitrogen and oxygen atoms in total. The SMILES string of the molecule is COc1ccc(-c2nnc(CN3C[C@H](C)C[C@H](C)C3)o2)cc1. The first-order chi connectivity index (χ1) is 10.6. The van der Waals surface area contributed by atoms with E-state index in [0.717, 1.165) is 42.8 Å². The smallest absolute Gasteiger partial charge is 0.247 e. The molecule has 1 aliphatic rings. The summed E-state index contributed by atoms with van der Waals surface area (Å²) in [5.74, 6) is 3.53. The van der Waals surface area contributed by atoms with Crippen molar-refractivity contribution < 1.29 is 9.15 Å². The van der Waals surface area contributed by atoms with Gasteiger partial charge in [0.25, 0.3) is 0 Å². The lowest BCUT2D eigenvalue weighted by Gasteiger charge is -2.33. The van der Waals surface area contributed by atoms with E-state index in [2.05, 4.69) is 28.9 Å². The van der Waals surface area contributed by atoms with Gasteiger partial charge < -0.3 is 9.15 Å². The molecular formula is C17H23N3O2. The largest absolute Gasteiger partial charge is 0.497 e. The van der Waals surface area contributed by atoms with Crippen LogP contribution < -0.4 is 4.74 Å². The Bertz CT molecular complexity index is 599. The molecule has 3 rings (SSSR count). The van der Waals surface area contributed by atoms with Crippen LogP contribution in [0.1, 0.15) is 26.2 Å². The lowest BCUT2D eigenvalue weighted by Crippen LogP contribution is -2.38. The van der Waals surface area contributed by atoms with Crippen molar-refractivity contribution in [2.24, 2.45) is 11.8 Å². The molecule has 2 heterocycles. The minimum absolute atomic E-state index is 0.566. The second kappa shape index (κ2) is 6.48. The first-order valence-electron chi connectivity index (χ1n) is 7.83. The molecule has 22 heavy (non-hydrogen) atoms. The molecule has 5 heteroatoms. The van der Waals surface area contributed by atoms with Gasteiger partial charge in [-0.2, -0.15) is 0 Å². The van der Waals surface area contributed by atoms with Gasteiger partial charge >= 0.3 is 0 Å². The van der Waals surface area contributed by atoms with Gasteiger partial charge in [0.05, 0.1) is 13.7 Å². The molecule has 0 unspecified atom stereocenters. The number of piperidine rings is 1. The third-order valence-electron chi connectivity index (χ3n) is 4.11. The number of aromatic nitrogens is 2. The molecule has 1 aromatic carbocycles. The van der Waals surface area contributed by atoms with Gasteiger partial charge in [-0.3, -0.25) is 4.90 Å². The minimum atomic E-state index is 0.566. The van der Waals surface area contributed by atoms with Crippen LogP contribution in [0.5, 0.6) is 5.75 Å². The summed E-state index contributed by atoms with van der Waals surface area (Å²) in [6.07, 6.45) is 1.30. The molecular weight excluding hydrogens is 278 g/mol. The van der Waals surface area contributed by atoms with Crippen molar-refractivity contribution >= 4 is 0 Å². The van der Waals surface area contributed by atoms with E-state index >= 15 is 0 Å². The van der Waals surface area contributed by atoms with Gasteiger partial charge in [-0.25, -0.2) is 0 Å². The molecule has 118 valence electrons. The summed E-state index contributed by atoms with van der Waals surface area (Å²) < 4.78 is 11.0. The third kappa shape index (κ3) is 3.47. The molecule has 0 amide bonds. The average molecular weight is 301 g/mol. The molecule has 1 saturated heterocycles. The molecule has 0 saturated carbocycles. The highest BCUT2D eigenvalue weighted by atomic mass is 16.5. The molecule has 0 bridgehead atoms. The van der Waals surface area contributed by atoms with Gasteiger partial charge in [0.15, 0.2) is 0 Å². The fourth-order valence-corrected chi connectivity index (χ4v) is 3.28. The second-order valence-corrected chi connectivity index (χ2v) is 6.37. The van der Waals surface area contributed by atoms with E-state index in [1.807, 2.05) is 24.3 Å². The predicted molar refractivity (Wildman–Crippen MR) is 84.5 cm³/mol. The van der Waals surface area contributed by atoms with Crippen molar-refractivity contribution in [3.8, 4) is 17.2 Å². The lowest BCUT2D eigenvalue weighted by molar-refractivity contribution is 0.124.